The highest BCUT2D eigenvalue weighted by molar-refractivity contribution is 7.92. The molecular weight excluding hydrogens is 464 g/mol. The van der Waals surface area contributed by atoms with Crippen LogP contribution < -0.4 is 19.1 Å². The fraction of sp³-hybridized carbons (Fsp3) is 0.208. The molecule has 3 rings (SSSR count). The number of carbonyl (C=O) groups excluding carboxylic acids is 1. The SMILES string of the molecule is COc1ccc(OCCNC(=O)CN(c2cc(Cl)ccc2C)S(=O)(=O)c2ccccc2)cc1. The number of halogens is 1. The number of amides is 1. The number of ether oxygens (including phenoxy) is 2. The Hall–Kier alpha value is -3.23. The zero-order chi connectivity index (χ0) is 23.8. The monoisotopic (exact) mass is 488 g/mol. The highest BCUT2D eigenvalue weighted by Crippen LogP contribution is 2.29. The van der Waals surface area contributed by atoms with Crippen molar-refractivity contribution in [1.29, 1.82) is 0 Å². The Kier molecular flexibility index (Phi) is 8.19. The maximum absolute atomic E-state index is 13.4. The topological polar surface area (TPSA) is 84.9 Å². The van der Waals surface area contributed by atoms with Crippen LogP contribution >= 0.6 is 11.6 Å². The van der Waals surface area contributed by atoms with E-state index in [0.717, 1.165) is 4.31 Å². The largest absolute Gasteiger partial charge is 0.497 e. The molecule has 174 valence electrons. The van der Waals surface area contributed by atoms with Crippen molar-refractivity contribution in [2.45, 2.75) is 11.8 Å². The van der Waals surface area contributed by atoms with Crippen molar-refractivity contribution in [1.82, 2.24) is 5.32 Å². The molecule has 33 heavy (non-hydrogen) atoms. The number of anilines is 1. The molecule has 1 amide bonds. The van der Waals surface area contributed by atoms with E-state index in [9.17, 15) is 13.2 Å². The number of carbonyl (C=O) groups is 1. The highest BCUT2D eigenvalue weighted by Gasteiger charge is 2.28. The lowest BCUT2D eigenvalue weighted by atomic mass is 10.2. The average Bonchev–Trinajstić information content (AvgIpc) is 2.83. The average molecular weight is 489 g/mol. The molecule has 0 aliphatic heterocycles. The molecule has 7 nitrogen and oxygen atoms in total. The van der Waals surface area contributed by atoms with Gasteiger partial charge in [-0.15, -0.1) is 0 Å². The first-order valence-corrected chi connectivity index (χ1v) is 12.0. The summed E-state index contributed by atoms with van der Waals surface area (Å²) in [4.78, 5) is 12.8. The van der Waals surface area contributed by atoms with Gasteiger partial charge in [0.25, 0.3) is 10.0 Å². The maximum Gasteiger partial charge on any atom is 0.264 e. The summed E-state index contributed by atoms with van der Waals surface area (Å²) < 4.78 is 38.5. The second-order valence-electron chi connectivity index (χ2n) is 7.13. The van der Waals surface area contributed by atoms with Gasteiger partial charge < -0.3 is 14.8 Å². The maximum atomic E-state index is 13.4. The molecule has 3 aromatic carbocycles. The standard InChI is InChI=1S/C24H25ClN2O5S/c1-18-8-9-19(25)16-23(18)27(33(29,30)22-6-4-3-5-7-22)17-24(28)26-14-15-32-21-12-10-20(31-2)11-13-21/h3-13,16H,14-15,17H2,1-2H3,(H,26,28). The van der Waals surface area contributed by atoms with Gasteiger partial charge in [0, 0.05) is 5.02 Å². The van der Waals surface area contributed by atoms with Crippen LogP contribution in [-0.2, 0) is 14.8 Å². The molecule has 0 fully saturated rings. The quantitative estimate of drug-likeness (QED) is 0.435. The molecule has 0 radical (unpaired) electrons. The first kappa shape index (κ1) is 24.4. The summed E-state index contributed by atoms with van der Waals surface area (Å²) in [6, 6.07) is 20.0. The van der Waals surface area contributed by atoms with E-state index < -0.39 is 22.5 Å². The van der Waals surface area contributed by atoms with E-state index >= 15 is 0 Å². The van der Waals surface area contributed by atoms with Crippen LogP contribution in [0.3, 0.4) is 0 Å². The van der Waals surface area contributed by atoms with Crippen molar-refractivity contribution in [3.05, 3.63) is 83.4 Å². The third-order valence-electron chi connectivity index (χ3n) is 4.81. The van der Waals surface area contributed by atoms with Gasteiger partial charge in [-0.05, 0) is 61.0 Å². The predicted octanol–water partition coefficient (Wildman–Crippen LogP) is 4.05. The van der Waals surface area contributed by atoms with Gasteiger partial charge in [0.15, 0.2) is 0 Å². The number of sulfonamides is 1. The van der Waals surface area contributed by atoms with E-state index in [-0.39, 0.29) is 18.0 Å². The molecule has 1 N–H and O–H groups in total. The number of hydrogen-bond donors (Lipinski definition) is 1. The summed E-state index contributed by atoms with van der Waals surface area (Å²) in [5, 5.41) is 3.08. The van der Waals surface area contributed by atoms with Crippen molar-refractivity contribution in [3.63, 3.8) is 0 Å². The van der Waals surface area contributed by atoms with Crippen molar-refractivity contribution in [2.24, 2.45) is 0 Å². The van der Waals surface area contributed by atoms with Gasteiger partial charge in [0.2, 0.25) is 5.91 Å². The number of nitrogens with zero attached hydrogens (tertiary/aromatic N) is 1. The molecule has 0 saturated carbocycles. The van der Waals surface area contributed by atoms with Crippen LogP contribution in [-0.4, -0.2) is 41.1 Å². The van der Waals surface area contributed by atoms with Crippen LogP contribution in [0.2, 0.25) is 5.02 Å². The molecule has 0 unspecified atom stereocenters. The van der Waals surface area contributed by atoms with E-state index in [1.54, 1.807) is 68.6 Å². The summed E-state index contributed by atoms with van der Waals surface area (Å²) in [6.45, 7) is 1.79. The fourth-order valence-corrected chi connectivity index (χ4v) is 4.75. The molecule has 0 bridgehead atoms. The van der Waals surface area contributed by atoms with Gasteiger partial charge in [-0.2, -0.15) is 0 Å². The Morgan fingerprint density at radius 2 is 1.67 bits per heavy atom. The lowest BCUT2D eigenvalue weighted by Crippen LogP contribution is -2.42. The smallest absolute Gasteiger partial charge is 0.264 e. The van der Waals surface area contributed by atoms with Gasteiger partial charge in [-0.1, -0.05) is 35.9 Å². The zero-order valence-corrected chi connectivity index (χ0v) is 19.9. The molecular formula is C24H25ClN2O5S. The van der Waals surface area contributed by atoms with Gasteiger partial charge in [0.05, 0.1) is 24.2 Å². The summed E-state index contributed by atoms with van der Waals surface area (Å²) in [6.07, 6.45) is 0. The van der Waals surface area contributed by atoms with Crippen LogP contribution in [0, 0.1) is 6.92 Å². The minimum atomic E-state index is -4.00. The lowest BCUT2D eigenvalue weighted by molar-refractivity contribution is -0.119. The summed E-state index contributed by atoms with van der Waals surface area (Å²) in [5.74, 6) is 0.881. The molecule has 0 spiro atoms. The number of hydrogen-bond acceptors (Lipinski definition) is 5. The van der Waals surface area contributed by atoms with Crippen LogP contribution in [0.5, 0.6) is 11.5 Å². The molecule has 0 aromatic heterocycles. The number of methoxy groups -OCH3 is 1. The van der Waals surface area contributed by atoms with Crippen LogP contribution in [0.1, 0.15) is 5.56 Å². The first-order chi connectivity index (χ1) is 15.8. The number of rotatable bonds is 10. The lowest BCUT2D eigenvalue weighted by Gasteiger charge is -2.25. The fourth-order valence-electron chi connectivity index (χ4n) is 3.09. The van der Waals surface area contributed by atoms with Crippen molar-refractivity contribution in [2.75, 3.05) is 31.1 Å². The second kappa shape index (κ2) is 11.1. The Bertz CT molecular complexity index is 1190. The van der Waals surface area contributed by atoms with E-state index in [1.807, 2.05) is 0 Å². The van der Waals surface area contributed by atoms with Gasteiger partial charge >= 0.3 is 0 Å². The normalized spacial score (nSPS) is 11.0. The molecule has 0 saturated heterocycles. The van der Waals surface area contributed by atoms with E-state index in [1.165, 1.54) is 18.2 Å². The first-order valence-electron chi connectivity index (χ1n) is 10.2. The molecule has 0 aliphatic rings. The van der Waals surface area contributed by atoms with E-state index in [2.05, 4.69) is 5.32 Å². The van der Waals surface area contributed by atoms with Crippen molar-refractivity contribution in [3.8, 4) is 11.5 Å². The van der Waals surface area contributed by atoms with Crippen molar-refractivity contribution < 1.29 is 22.7 Å². The third-order valence-corrected chi connectivity index (χ3v) is 6.82. The molecule has 9 heteroatoms. The number of aryl methyl sites for hydroxylation is 1. The second-order valence-corrected chi connectivity index (χ2v) is 9.43. The van der Waals surface area contributed by atoms with Crippen LogP contribution in [0.25, 0.3) is 0 Å². The Balaban J connectivity index is 1.70. The predicted molar refractivity (Wildman–Crippen MR) is 129 cm³/mol. The van der Waals surface area contributed by atoms with E-state index in [0.29, 0.717) is 27.8 Å². The highest BCUT2D eigenvalue weighted by atomic mass is 35.5. The van der Waals surface area contributed by atoms with Gasteiger partial charge in [0.1, 0.15) is 24.7 Å². The third kappa shape index (κ3) is 6.40. The Morgan fingerprint density at radius 3 is 2.33 bits per heavy atom. The molecule has 0 atom stereocenters. The van der Waals surface area contributed by atoms with Crippen LogP contribution in [0.4, 0.5) is 5.69 Å². The molecule has 3 aromatic rings. The number of benzene rings is 3. The Morgan fingerprint density at radius 1 is 1.00 bits per heavy atom. The van der Waals surface area contributed by atoms with E-state index in [4.69, 9.17) is 21.1 Å². The number of nitrogens with one attached hydrogen (secondary N) is 1. The summed E-state index contributed by atoms with van der Waals surface area (Å²) in [7, 11) is -2.42. The van der Waals surface area contributed by atoms with Crippen molar-refractivity contribution >= 4 is 33.2 Å². The van der Waals surface area contributed by atoms with Gasteiger partial charge in [-0.3, -0.25) is 9.10 Å². The van der Waals surface area contributed by atoms with Crippen LogP contribution in [0.15, 0.2) is 77.7 Å². The minimum absolute atomic E-state index is 0.0833. The summed E-state index contributed by atoms with van der Waals surface area (Å²) >= 11 is 6.13. The zero-order valence-electron chi connectivity index (χ0n) is 18.3. The minimum Gasteiger partial charge on any atom is -0.497 e. The molecule has 0 heterocycles. The Labute approximate surface area is 198 Å². The molecule has 0 aliphatic carbocycles. The van der Waals surface area contributed by atoms with Gasteiger partial charge in [-0.25, -0.2) is 8.42 Å². The summed E-state index contributed by atoms with van der Waals surface area (Å²) in [5.41, 5.74) is 1.02.